The van der Waals surface area contributed by atoms with Crippen molar-refractivity contribution >= 4 is 11.7 Å². The van der Waals surface area contributed by atoms with Crippen molar-refractivity contribution in [3.63, 3.8) is 0 Å². The lowest BCUT2D eigenvalue weighted by Crippen LogP contribution is -2.07. The molecule has 3 rings (SSSR count). The molecule has 0 amide bonds. The van der Waals surface area contributed by atoms with Crippen LogP contribution in [0.4, 0.5) is 14.5 Å². The van der Waals surface area contributed by atoms with Crippen molar-refractivity contribution in [3.8, 4) is 22.3 Å². The highest BCUT2D eigenvalue weighted by molar-refractivity contribution is 6.00. The van der Waals surface area contributed by atoms with E-state index < -0.39 is 17.6 Å². The van der Waals surface area contributed by atoms with Crippen LogP contribution in [0.2, 0.25) is 0 Å². The standard InChI is InChI=1S/C21H16F2N2O2/c1-4-17-19(24-2)18(20(21(26)27)25(17)3)13-7-5-12(6-8-13)15-10-9-14(22)11-16(15)23/h5-11H,4H2,1,3H3,(H,26,27). The summed E-state index contributed by atoms with van der Waals surface area (Å²) in [5, 5.41) is 9.62. The maximum absolute atomic E-state index is 14.0. The van der Waals surface area contributed by atoms with E-state index in [0.717, 1.165) is 6.07 Å². The highest BCUT2D eigenvalue weighted by atomic mass is 19.1. The Balaban J connectivity index is 2.16. The Morgan fingerprint density at radius 1 is 1.15 bits per heavy atom. The second kappa shape index (κ2) is 7.04. The lowest BCUT2D eigenvalue weighted by atomic mass is 9.98. The van der Waals surface area contributed by atoms with Crippen LogP contribution in [0.1, 0.15) is 23.1 Å². The summed E-state index contributed by atoms with van der Waals surface area (Å²) in [5.41, 5.74) is 2.67. The number of benzene rings is 2. The van der Waals surface area contributed by atoms with Gasteiger partial charge in [0.05, 0.1) is 6.57 Å². The van der Waals surface area contributed by atoms with E-state index in [1.54, 1.807) is 31.3 Å². The predicted molar refractivity (Wildman–Crippen MR) is 98.8 cm³/mol. The Kier molecular flexibility index (Phi) is 4.78. The summed E-state index contributed by atoms with van der Waals surface area (Å²) in [5.74, 6) is -2.45. The smallest absolute Gasteiger partial charge is 0.351 e. The molecule has 0 spiro atoms. The number of rotatable bonds is 4. The van der Waals surface area contributed by atoms with Gasteiger partial charge in [-0.25, -0.2) is 18.4 Å². The summed E-state index contributed by atoms with van der Waals surface area (Å²) < 4.78 is 28.6. The second-order valence-electron chi connectivity index (χ2n) is 6.05. The molecule has 6 heteroatoms. The van der Waals surface area contributed by atoms with Crippen LogP contribution < -0.4 is 0 Å². The molecule has 136 valence electrons. The van der Waals surface area contributed by atoms with Gasteiger partial charge >= 0.3 is 5.97 Å². The first kappa shape index (κ1) is 18.3. The monoisotopic (exact) mass is 366 g/mol. The second-order valence-corrected chi connectivity index (χ2v) is 6.05. The maximum atomic E-state index is 14.0. The molecule has 0 unspecified atom stereocenters. The van der Waals surface area contributed by atoms with Gasteiger partial charge in [0, 0.05) is 29.9 Å². The zero-order valence-electron chi connectivity index (χ0n) is 14.8. The molecule has 0 saturated carbocycles. The molecule has 3 aromatic rings. The van der Waals surface area contributed by atoms with Gasteiger partial charge in [-0.1, -0.05) is 31.2 Å². The number of carboxylic acid groups (broad SMARTS) is 1. The SMILES string of the molecule is [C-]#[N+]c1c(-c2ccc(-c3ccc(F)cc3F)cc2)c(C(=O)O)n(C)c1CC. The molecule has 0 aliphatic carbocycles. The largest absolute Gasteiger partial charge is 0.477 e. The van der Waals surface area contributed by atoms with E-state index in [1.807, 2.05) is 6.92 Å². The lowest BCUT2D eigenvalue weighted by molar-refractivity contribution is 0.0687. The molecule has 1 aromatic heterocycles. The van der Waals surface area contributed by atoms with Crippen LogP contribution in [0.25, 0.3) is 27.1 Å². The molecule has 0 bridgehead atoms. The Morgan fingerprint density at radius 2 is 1.78 bits per heavy atom. The number of carboxylic acids is 1. The van der Waals surface area contributed by atoms with Crippen molar-refractivity contribution < 1.29 is 18.7 Å². The van der Waals surface area contributed by atoms with Crippen LogP contribution in [-0.4, -0.2) is 15.6 Å². The normalized spacial score (nSPS) is 10.6. The van der Waals surface area contributed by atoms with Crippen LogP contribution in [0.5, 0.6) is 0 Å². The van der Waals surface area contributed by atoms with Gasteiger partial charge in [-0.15, -0.1) is 0 Å². The third-order valence-corrected chi connectivity index (χ3v) is 4.55. The number of aromatic nitrogens is 1. The Bertz CT molecular complexity index is 1080. The van der Waals surface area contributed by atoms with Gasteiger partial charge in [0.2, 0.25) is 5.69 Å². The van der Waals surface area contributed by atoms with Crippen molar-refractivity contribution in [2.24, 2.45) is 7.05 Å². The highest BCUT2D eigenvalue weighted by Crippen LogP contribution is 2.40. The number of hydrogen-bond acceptors (Lipinski definition) is 1. The average molecular weight is 366 g/mol. The molecule has 0 saturated heterocycles. The predicted octanol–water partition coefficient (Wildman–Crippen LogP) is 5.45. The fourth-order valence-electron chi connectivity index (χ4n) is 3.31. The third-order valence-electron chi connectivity index (χ3n) is 4.55. The van der Waals surface area contributed by atoms with Crippen LogP contribution in [-0.2, 0) is 13.5 Å². The first-order chi connectivity index (χ1) is 12.9. The Morgan fingerprint density at radius 3 is 2.30 bits per heavy atom. The molecule has 0 aliphatic heterocycles. The minimum Gasteiger partial charge on any atom is -0.477 e. The molecule has 0 atom stereocenters. The highest BCUT2D eigenvalue weighted by Gasteiger charge is 2.25. The maximum Gasteiger partial charge on any atom is 0.351 e. The van der Waals surface area contributed by atoms with Crippen LogP contribution in [0.15, 0.2) is 42.5 Å². The summed E-state index contributed by atoms with van der Waals surface area (Å²) in [6, 6.07) is 9.89. The lowest BCUT2D eigenvalue weighted by Gasteiger charge is -2.07. The van der Waals surface area contributed by atoms with Gasteiger partial charge in [0.25, 0.3) is 0 Å². The zero-order chi connectivity index (χ0) is 19.7. The van der Waals surface area contributed by atoms with E-state index in [1.165, 1.54) is 16.7 Å². The Labute approximate surface area is 155 Å². The fraction of sp³-hybridized carbons (Fsp3) is 0.143. The molecule has 0 fully saturated rings. The molecule has 1 heterocycles. The molecule has 1 N–H and O–H groups in total. The topological polar surface area (TPSA) is 46.6 Å². The van der Waals surface area contributed by atoms with Gasteiger partial charge in [-0.3, -0.25) is 0 Å². The van der Waals surface area contributed by atoms with Gasteiger partial charge in [0.15, 0.2) is 0 Å². The quantitative estimate of drug-likeness (QED) is 0.624. The summed E-state index contributed by atoms with van der Waals surface area (Å²) >= 11 is 0. The molecule has 0 aliphatic rings. The molecular formula is C21H16F2N2O2. The minimum absolute atomic E-state index is 0.0403. The van der Waals surface area contributed by atoms with E-state index >= 15 is 0 Å². The first-order valence-electron chi connectivity index (χ1n) is 8.27. The van der Waals surface area contributed by atoms with Crippen molar-refractivity contribution in [2.45, 2.75) is 13.3 Å². The van der Waals surface area contributed by atoms with Crippen molar-refractivity contribution in [1.82, 2.24) is 4.57 Å². The van der Waals surface area contributed by atoms with Crippen LogP contribution in [0, 0.1) is 18.2 Å². The third kappa shape index (κ3) is 3.08. The number of aromatic carboxylic acids is 1. The molecule has 2 aromatic carbocycles. The van der Waals surface area contributed by atoms with Gasteiger partial charge in [0.1, 0.15) is 17.3 Å². The minimum atomic E-state index is -1.12. The fourth-order valence-corrected chi connectivity index (χ4v) is 3.31. The summed E-state index contributed by atoms with van der Waals surface area (Å²) in [6.07, 6.45) is 0.521. The molecular weight excluding hydrogens is 350 g/mol. The van der Waals surface area contributed by atoms with E-state index in [2.05, 4.69) is 4.85 Å². The van der Waals surface area contributed by atoms with Crippen LogP contribution in [0.3, 0.4) is 0 Å². The average Bonchev–Trinajstić information content (AvgIpc) is 2.93. The van der Waals surface area contributed by atoms with Crippen molar-refractivity contribution in [1.29, 1.82) is 0 Å². The number of carbonyl (C=O) groups is 1. The zero-order valence-corrected chi connectivity index (χ0v) is 14.8. The van der Waals surface area contributed by atoms with E-state index in [9.17, 15) is 18.7 Å². The van der Waals surface area contributed by atoms with Gasteiger partial charge < -0.3 is 9.67 Å². The number of hydrogen-bond donors (Lipinski definition) is 1. The van der Waals surface area contributed by atoms with Crippen LogP contribution >= 0.6 is 0 Å². The van der Waals surface area contributed by atoms with Crippen molar-refractivity contribution in [2.75, 3.05) is 0 Å². The van der Waals surface area contributed by atoms with Gasteiger partial charge in [-0.05, 0) is 29.7 Å². The van der Waals surface area contributed by atoms with Crippen molar-refractivity contribution in [3.05, 3.63) is 76.9 Å². The molecule has 4 nitrogen and oxygen atoms in total. The molecule has 27 heavy (non-hydrogen) atoms. The van der Waals surface area contributed by atoms with E-state index in [4.69, 9.17) is 6.57 Å². The Hall–Kier alpha value is -3.46. The first-order valence-corrected chi connectivity index (χ1v) is 8.27. The summed E-state index contributed by atoms with van der Waals surface area (Å²) in [7, 11) is 1.63. The number of halogens is 2. The summed E-state index contributed by atoms with van der Waals surface area (Å²) in [6.45, 7) is 9.35. The van der Waals surface area contributed by atoms with E-state index in [-0.39, 0.29) is 11.3 Å². The summed E-state index contributed by atoms with van der Waals surface area (Å²) in [4.78, 5) is 15.3. The number of nitrogens with zero attached hydrogens (tertiary/aromatic N) is 2. The molecule has 0 radical (unpaired) electrons. The van der Waals surface area contributed by atoms with E-state index in [0.29, 0.717) is 34.5 Å². The van der Waals surface area contributed by atoms with Gasteiger partial charge in [-0.2, -0.15) is 0 Å².